The molecule has 0 atom stereocenters. The largest absolute Gasteiger partial charge is 0.504 e. The SMILES string of the molecule is CCOC(=O)c1c(Nc2ccc(OCCN3CCCC3)cc2C)oc(C=C2C=Nc3ncccc32)c1O. The van der Waals surface area contributed by atoms with Gasteiger partial charge in [-0.1, -0.05) is 0 Å². The fraction of sp³-hybridized carbons (Fsp3) is 0.321. The van der Waals surface area contributed by atoms with Gasteiger partial charge in [-0.15, -0.1) is 0 Å². The average molecular weight is 503 g/mol. The molecule has 0 aliphatic carbocycles. The molecule has 1 aromatic carbocycles. The zero-order chi connectivity index (χ0) is 25.8. The third-order valence-electron chi connectivity index (χ3n) is 6.42. The van der Waals surface area contributed by atoms with Crippen molar-refractivity contribution in [1.82, 2.24) is 9.88 Å². The van der Waals surface area contributed by atoms with Gasteiger partial charge in [0.15, 0.2) is 22.9 Å². The Labute approximate surface area is 215 Å². The van der Waals surface area contributed by atoms with Gasteiger partial charge in [0, 0.05) is 35.8 Å². The summed E-state index contributed by atoms with van der Waals surface area (Å²) in [5, 5.41) is 14.1. The fourth-order valence-corrected chi connectivity index (χ4v) is 4.49. The number of rotatable bonds is 9. The van der Waals surface area contributed by atoms with E-state index in [1.807, 2.05) is 37.3 Å². The van der Waals surface area contributed by atoms with E-state index in [0.717, 1.165) is 36.5 Å². The van der Waals surface area contributed by atoms with Crippen LogP contribution in [-0.2, 0) is 4.74 Å². The summed E-state index contributed by atoms with van der Waals surface area (Å²) in [4.78, 5) is 23.6. The van der Waals surface area contributed by atoms with Gasteiger partial charge in [-0.3, -0.25) is 4.90 Å². The van der Waals surface area contributed by atoms with E-state index >= 15 is 0 Å². The first-order valence-corrected chi connectivity index (χ1v) is 12.5. The van der Waals surface area contributed by atoms with Crippen molar-refractivity contribution in [2.75, 3.05) is 38.2 Å². The Balaban J connectivity index is 1.38. The normalized spacial score (nSPS) is 15.8. The minimum atomic E-state index is -0.683. The Morgan fingerprint density at radius 2 is 2.11 bits per heavy atom. The van der Waals surface area contributed by atoms with Crippen LogP contribution in [0.4, 0.5) is 17.4 Å². The molecule has 2 N–H and O–H groups in total. The zero-order valence-electron chi connectivity index (χ0n) is 21.0. The summed E-state index contributed by atoms with van der Waals surface area (Å²) >= 11 is 0. The number of nitrogens with zero attached hydrogens (tertiary/aromatic N) is 3. The van der Waals surface area contributed by atoms with Crippen molar-refractivity contribution in [3.05, 3.63) is 59.0 Å². The molecular formula is C28H30N4O5. The molecule has 2 aliphatic heterocycles. The molecule has 3 aromatic rings. The number of aliphatic imine (C=N–C) groups is 1. The van der Waals surface area contributed by atoms with Crippen LogP contribution in [0.15, 0.2) is 45.9 Å². The molecule has 0 spiro atoms. The molecule has 1 fully saturated rings. The van der Waals surface area contributed by atoms with E-state index in [1.54, 1.807) is 25.4 Å². The minimum Gasteiger partial charge on any atom is -0.504 e. The minimum absolute atomic E-state index is 0.0691. The first-order valence-electron chi connectivity index (χ1n) is 12.5. The molecule has 37 heavy (non-hydrogen) atoms. The number of hydrogen-bond donors (Lipinski definition) is 2. The van der Waals surface area contributed by atoms with Crippen LogP contribution in [0.3, 0.4) is 0 Å². The Morgan fingerprint density at radius 3 is 2.89 bits per heavy atom. The lowest BCUT2D eigenvalue weighted by Crippen LogP contribution is -2.25. The Hall–Kier alpha value is -4.11. The number of pyridine rings is 1. The van der Waals surface area contributed by atoms with Gasteiger partial charge in [-0.25, -0.2) is 14.8 Å². The highest BCUT2D eigenvalue weighted by molar-refractivity contribution is 6.21. The quantitative estimate of drug-likeness (QED) is 0.378. The number of ether oxygens (including phenoxy) is 2. The second kappa shape index (κ2) is 10.9. The number of carbonyl (C=O) groups excluding carboxylic acids is 1. The van der Waals surface area contributed by atoms with E-state index < -0.39 is 5.97 Å². The van der Waals surface area contributed by atoms with Gasteiger partial charge in [0.05, 0.1) is 6.61 Å². The first kappa shape index (κ1) is 24.6. The van der Waals surface area contributed by atoms with Gasteiger partial charge < -0.3 is 24.3 Å². The van der Waals surface area contributed by atoms with Crippen LogP contribution < -0.4 is 10.1 Å². The highest BCUT2D eigenvalue weighted by Crippen LogP contribution is 2.40. The van der Waals surface area contributed by atoms with Gasteiger partial charge in [-0.2, -0.15) is 0 Å². The number of aromatic hydroxyl groups is 1. The number of furan rings is 1. The van der Waals surface area contributed by atoms with Crippen molar-refractivity contribution in [2.24, 2.45) is 4.99 Å². The summed E-state index contributed by atoms with van der Waals surface area (Å²) in [6, 6.07) is 9.35. The predicted molar refractivity (Wildman–Crippen MR) is 142 cm³/mol. The van der Waals surface area contributed by atoms with Crippen LogP contribution in [0.2, 0.25) is 0 Å². The molecule has 0 saturated carbocycles. The van der Waals surface area contributed by atoms with E-state index in [4.69, 9.17) is 13.9 Å². The van der Waals surface area contributed by atoms with Crippen molar-refractivity contribution in [1.29, 1.82) is 0 Å². The molecule has 192 valence electrons. The molecule has 5 rings (SSSR count). The molecule has 2 aromatic heterocycles. The van der Waals surface area contributed by atoms with Crippen molar-refractivity contribution >= 4 is 41.2 Å². The summed E-state index contributed by atoms with van der Waals surface area (Å²) in [7, 11) is 0. The summed E-state index contributed by atoms with van der Waals surface area (Å²) < 4.78 is 17.1. The number of allylic oxidation sites excluding steroid dienone is 1. The number of aromatic nitrogens is 1. The maximum atomic E-state index is 12.7. The van der Waals surface area contributed by atoms with E-state index in [9.17, 15) is 9.90 Å². The van der Waals surface area contributed by atoms with Crippen LogP contribution in [0.25, 0.3) is 11.6 Å². The van der Waals surface area contributed by atoms with Crippen LogP contribution in [0.5, 0.6) is 11.5 Å². The summed E-state index contributed by atoms with van der Waals surface area (Å²) in [6.45, 7) is 7.62. The van der Waals surface area contributed by atoms with E-state index in [0.29, 0.717) is 23.7 Å². The lowest BCUT2D eigenvalue weighted by atomic mass is 10.1. The summed E-state index contributed by atoms with van der Waals surface area (Å²) in [5.74, 6) is 0.574. The van der Waals surface area contributed by atoms with Gasteiger partial charge in [0.25, 0.3) is 0 Å². The number of fused-ring (bicyclic) bond motifs is 1. The number of likely N-dealkylation sites (tertiary alicyclic amines) is 1. The molecule has 0 amide bonds. The van der Waals surface area contributed by atoms with Crippen LogP contribution in [0, 0.1) is 6.92 Å². The van der Waals surface area contributed by atoms with Crippen LogP contribution in [-0.4, -0.2) is 60.0 Å². The highest BCUT2D eigenvalue weighted by Gasteiger charge is 2.27. The number of anilines is 2. The topological polar surface area (TPSA) is 109 Å². The molecule has 9 heteroatoms. The van der Waals surface area contributed by atoms with E-state index in [1.165, 1.54) is 12.8 Å². The Kier molecular flexibility index (Phi) is 7.23. The first-order chi connectivity index (χ1) is 18.0. The van der Waals surface area contributed by atoms with E-state index in [2.05, 4.69) is 20.2 Å². The van der Waals surface area contributed by atoms with Gasteiger partial charge in [-0.05, 0) is 81.7 Å². The highest BCUT2D eigenvalue weighted by atomic mass is 16.5. The Morgan fingerprint density at radius 1 is 1.27 bits per heavy atom. The standard InChI is InChI=1S/C28H30N4O5/c1-3-35-28(34)24-25(33)23(16-19-17-30-26-21(19)7-6-10-29-26)37-27(24)31-22-9-8-20(15-18(22)2)36-14-13-32-11-4-5-12-32/h6-10,15-17,31,33H,3-5,11-14H2,1-2H3. The maximum absolute atomic E-state index is 12.7. The molecule has 0 radical (unpaired) electrons. The van der Waals surface area contributed by atoms with Crippen molar-refractivity contribution < 1.29 is 23.8 Å². The zero-order valence-corrected chi connectivity index (χ0v) is 21.0. The van der Waals surface area contributed by atoms with Gasteiger partial charge in [0.1, 0.15) is 12.4 Å². The monoisotopic (exact) mass is 502 g/mol. The number of aryl methyl sites for hydroxylation is 1. The van der Waals surface area contributed by atoms with Crippen molar-refractivity contribution in [3.8, 4) is 11.5 Å². The second-order valence-corrected chi connectivity index (χ2v) is 8.97. The third kappa shape index (κ3) is 5.36. The number of carbonyl (C=O) groups is 1. The fourth-order valence-electron chi connectivity index (χ4n) is 4.49. The lowest BCUT2D eigenvalue weighted by Gasteiger charge is -2.16. The predicted octanol–water partition coefficient (Wildman–Crippen LogP) is 5.34. The Bertz CT molecular complexity index is 1350. The van der Waals surface area contributed by atoms with Crippen LogP contribution in [0.1, 0.15) is 47.0 Å². The second-order valence-electron chi connectivity index (χ2n) is 8.97. The smallest absolute Gasteiger partial charge is 0.347 e. The molecule has 4 heterocycles. The molecule has 2 aliphatic rings. The molecule has 0 unspecified atom stereocenters. The maximum Gasteiger partial charge on any atom is 0.347 e. The van der Waals surface area contributed by atoms with Crippen molar-refractivity contribution in [3.63, 3.8) is 0 Å². The van der Waals surface area contributed by atoms with Crippen molar-refractivity contribution in [2.45, 2.75) is 26.7 Å². The molecule has 9 nitrogen and oxygen atoms in total. The van der Waals surface area contributed by atoms with Gasteiger partial charge in [0.2, 0.25) is 5.88 Å². The molecule has 0 bridgehead atoms. The number of esters is 1. The number of benzene rings is 1. The molecular weight excluding hydrogens is 472 g/mol. The number of hydrogen-bond acceptors (Lipinski definition) is 9. The lowest BCUT2D eigenvalue weighted by molar-refractivity contribution is 0.0524. The average Bonchev–Trinajstić information content (AvgIpc) is 3.62. The summed E-state index contributed by atoms with van der Waals surface area (Å²) in [6.07, 6.45) is 7.45. The summed E-state index contributed by atoms with van der Waals surface area (Å²) in [5.41, 5.74) is 3.05. The van der Waals surface area contributed by atoms with E-state index in [-0.39, 0.29) is 29.6 Å². The molecule has 1 saturated heterocycles. The van der Waals surface area contributed by atoms with Gasteiger partial charge >= 0.3 is 5.97 Å². The number of nitrogens with one attached hydrogen (secondary N) is 1. The third-order valence-corrected chi connectivity index (χ3v) is 6.42. The van der Waals surface area contributed by atoms with Crippen LogP contribution >= 0.6 is 0 Å².